The van der Waals surface area contributed by atoms with Crippen LogP contribution in [0.5, 0.6) is 0 Å². The van der Waals surface area contributed by atoms with Gasteiger partial charge in [-0.1, -0.05) is 11.6 Å². The average molecular weight is 394 g/mol. The van der Waals surface area contributed by atoms with Gasteiger partial charge in [0.05, 0.1) is 5.02 Å². The van der Waals surface area contributed by atoms with Crippen molar-refractivity contribution in [1.29, 1.82) is 0 Å². The Kier molecular flexibility index (Phi) is 3.92. The summed E-state index contributed by atoms with van der Waals surface area (Å²) >= 11 is 6.04. The normalized spacial score (nSPS) is 11.9. The standard InChI is InChI=1S/C16H7ClF3N5O2/c17-9-4-2-6-22-13(9)25-10(7-11(24-25)16(18,19)20)14-23-12-8(15(26)27-14)3-1-5-21-12/h1-7H. The zero-order valence-electron chi connectivity index (χ0n) is 13.1. The Morgan fingerprint density at radius 3 is 2.59 bits per heavy atom. The Balaban J connectivity index is 2.02. The Hall–Kier alpha value is -3.27. The molecule has 4 aromatic rings. The van der Waals surface area contributed by atoms with E-state index in [1.807, 2.05) is 0 Å². The molecule has 0 radical (unpaired) electrons. The van der Waals surface area contributed by atoms with Gasteiger partial charge in [-0.25, -0.2) is 19.4 Å². The largest absolute Gasteiger partial charge is 0.435 e. The van der Waals surface area contributed by atoms with E-state index in [0.717, 1.165) is 4.68 Å². The van der Waals surface area contributed by atoms with Crippen LogP contribution in [0.25, 0.3) is 28.4 Å². The molecule has 0 N–H and O–H groups in total. The lowest BCUT2D eigenvalue weighted by atomic mass is 10.3. The van der Waals surface area contributed by atoms with Crippen molar-refractivity contribution in [3.8, 4) is 17.4 Å². The fourth-order valence-corrected chi connectivity index (χ4v) is 2.58. The molecule has 4 heterocycles. The molecule has 27 heavy (non-hydrogen) atoms. The first kappa shape index (κ1) is 17.2. The van der Waals surface area contributed by atoms with Crippen molar-refractivity contribution in [2.45, 2.75) is 6.18 Å². The van der Waals surface area contributed by atoms with Crippen LogP contribution in [0.4, 0.5) is 13.2 Å². The molecular weight excluding hydrogens is 387 g/mol. The lowest BCUT2D eigenvalue weighted by Crippen LogP contribution is -2.09. The van der Waals surface area contributed by atoms with Gasteiger partial charge in [0.25, 0.3) is 5.89 Å². The van der Waals surface area contributed by atoms with Crippen LogP contribution >= 0.6 is 11.6 Å². The van der Waals surface area contributed by atoms with E-state index in [-0.39, 0.29) is 27.6 Å². The summed E-state index contributed by atoms with van der Waals surface area (Å²) in [6, 6.07) is 6.61. The van der Waals surface area contributed by atoms with E-state index in [1.165, 1.54) is 36.7 Å². The van der Waals surface area contributed by atoms with Crippen LogP contribution in [0, 0.1) is 0 Å². The van der Waals surface area contributed by atoms with Gasteiger partial charge in [0.2, 0.25) is 0 Å². The maximum atomic E-state index is 13.2. The SMILES string of the molecule is O=c1oc(-c2cc(C(F)(F)F)nn2-c2ncccc2Cl)nc2ncccc12. The van der Waals surface area contributed by atoms with Crippen LogP contribution in [-0.4, -0.2) is 24.7 Å². The Morgan fingerprint density at radius 2 is 1.85 bits per heavy atom. The molecule has 0 aliphatic rings. The van der Waals surface area contributed by atoms with Crippen LogP contribution in [0.15, 0.2) is 51.9 Å². The average Bonchev–Trinajstić information content (AvgIpc) is 3.08. The van der Waals surface area contributed by atoms with Crippen molar-refractivity contribution >= 4 is 22.6 Å². The number of halogens is 4. The molecule has 0 saturated heterocycles. The minimum Gasteiger partial charge on any atom is -0.401 e. The Morgan fingerprint density at radius 1 is 1.11 bits per heavy atom. The van der Waals surface area contributed by atoms with Crippen LogP contribution in [0.2, 0.25) is 5.02 Å². The summed E-state index contributed by atoms with van der Waals surface area (Å²) in [4.78, 5) is 24.1. The zero-order chi connectivity index (χ0) is 19.2. The van der Waals surface area contributed by atoms with Gasteiger partial charge in [-0.2, -0.15) is 23.3 Å². The summed E-state index contributed by atoms with van der Waals surface area (Å²) in [6.07, 6.45) is -2.01. The summed E-state index contributed by atoms with van der Waals surface area (Å²) < 4.78 is 45.5. The molecule has 0 atom stereocenters. The van der Waals surface area contributed by atoms with E-state index in [0.29, 0.717) is 6.07 Å². The minimum atomic E-state index is -4.74. The van der Waals surface area contributed by atoms with Gasteiger partial charge < -0.3 is 4.42 Å². The number of aromatic nitrogens is 5. The fraction of sp³-hybridized carbons (Fsp3) is 0.0625. The molecular formula is C16H7ClF3N5O2. The van der Waals surface area contributed by atoms with Crippen molar-refractivity contribution in [3.05, 3.63) is 63.9 Å². The number of fused-ring (bicyclic) bond motifs is 1. The summed E-state index contributed by atoms with van der Waals surface area (Å²) in [6.45, 7) is 0. The number of hydrogen-bond donors (Lipinski definition) is 0. The molecule has 0 aliphatic carbocycles. The van der Waals surface area contributed by atoms with E-state index in [4.69, 9.17) is 16.0 Å². The van der Waals surface area contributed by atoms with Gasteiger partial charge in [-0.15, -0.1) is 0 Å². The van der Waals surface area contributed by atoms with E-state index < -0.39 is 23.4 Å². The van der Waals surface area contributed by atoms with Gasteiger partial charge in [0, 0.05) is 18.5 Å². The predicted molar refractivity (Wildman–Crippen MR) is 88.4 cm³/mol. The van der Waals surface area contributed by atoms with Crippen LogP contribution in [-0.2, 0) is 6.18 Å². The quantitative estimate of drug-likeness (QED) is 0.518. The molecule has 4 rings (SSSR count). The molecule has 136 valence electrons. The number of rotatable bonds is 2. The highest BCUT2D eigenvalue weighted by Gasteiger charge is 2.36. The smallest absolute Gasteiger partial charge is 0.401 e. The first-order valence-electron chi connectivity index (χ1n) is 7.39. The van der Waals surface area contributed by atoms with E-state index in [1.54, 1.807) is 0 Å². The first-order valence-corrected chi connectivity index (χ1v) is 7.77. The number of hydrogen-bond acceptors (Lipinski definition) is 6. The van der Waals surface area contributed by atoms with Gasteiger partial charge in [-0.05, 0) is 24.3 Å². The van der Waals surface area contributed by atoms with Crippen molar-refractivity contribution < 1.29 is 17.6 Å². The highest BCUT2D eigenvalue weighted by Crippen LogP contribution is 2.33. The van der Waals surface area contributed by atoms with E-state index in [9.17, 15) is 18.0 Å². The summed E-state index contributed by atoms with van der Waals surface area (Å²) in [5.74, 6) is -0.467. The fourth-order valence-electron chi connectivity index (χ4n) is 2.38. The summed E-state index contributed by atoms with van der Waals surface area (Å²) in [5, 5.41) is 3.67. The molecule has 0 fully saturated rings. The molecule has 0 amide bonds. The first-order chi connectivity index (χ1) is 12.8. The third-order valence-corrected chi connectivity index (χ3v) is 3.86. The van der Waals surface area contributed by atoms with Crippen LogP contribution in [0.1, 0.15) is 5.69 Å². The summed E-state index contributed by atoms with van der Waals surface area (Å²) in [7, 11) is 0. The van der Waals surface area contributed by atoms with Crippen LogP contribution < -0.4 is 5.63 Å². The van der Waals surface area contributed by atoms with Gasteiger partial charge >= 0.3 is 11.8 Å². The summed E-state index contributed by atoms with van der Waals surface area (Å²) in [5.41, 5.74) is -2.23. The zero-order valence-corrected chi connectivity index (χ0v) is 13.9. The van der Waals surface area contributed by atoms with Crippen molar-refractivity contribution in [1.82, 2.24) is 24.7 Å². The lowest BCUT2D eigenvalue weighted by molar-refractivity contribution is -0.141. The van der Waals surface area contributed by atoms with Gasteiger partial charge in [0.1, 0.15) is 11.1 Å². The molecule has 11 heteroatoms. The van der Waals surface area contributed by atoms with Crippen molar-refractivity contribution in [3.63, 3.8) is 0 Å². The molecule has 0 unspecified atom stereocenters. The molecule has 0 aromatic carbocycles. The number of pyridine rings is 2. The Bertz CT molecular complexity index is 1220. The highest BCUT2D eigenvalue weighted by atomic mass is 35.5. The monoisotopic (exact) mass is 393 g/mol. The molecule has 0 aliphatic heterocycles. The second-order valence-electron chi connectivity index (χ2n) is 5.31. The second kappa shape index (κ2) is 6.16. The molecule has 0 bridgehead atoms. The molecule has 0 saturated carbocycles. The van der Waals surface area contributed by atoms with E-state index in [2.05, 4.69) is 20.1 Å². The highest BCUT2D eigenvalue weighted by molar-refractivity contribution is 6.32. The predicted octanol–water partition coefficient (Wildman–Crippen LogP) is 3.50. The molecule has 7 nitrogen and oxygen atoms in total. The Labute approximate surface area is 153 Å². The number of alkyl halides is 3. The maximum Gasteiger partial charge on any atom is 0.435 e. The van der Waals surface area contributed by atoms with E-state index >= 15 is 0 Å². The topological polar surface area (TPSA) is 86.7 Å². The molecule has 4 aromatic heterocycles. The van der Waals surface area contributed by atoms with Gasteiger partial charge in [-0.3, -0.25) is 0 Å². The molecule has 0 spiro atoms. The number of nitrogens with zero attached hydrogens (tertiary/aromatic N) is 5. The third kappa shape index (κ3) is 3.04. The van der Waals surface area contributed by atoms with Gasteiger partial charge in [0.15, 0.2) is 17.2 Å². The minimum absolute atomic E-state index is 0.0252. The maximum absolute atomic E-state index is 13.2. The second-order valence-corrected chi connectivity index (χ2v) is 5.72. The lowest BCUT2D eigenvalue weighted by Gasteiger charge is -2.07. The van der Waals surface area contributed by atoms with Crippen LogP contribution in [0.3, 0.4) is 0 Å². The van der Waals surface area contributed by atoms with Crippen molar-refractivity contribution in [2.24, 2.45) is 0 Å². The van der Waals surface area contributed by atoms with Crippen molar-refractivity contribution in [2.75, 3.05) is 0 Å². The third-order valence-electron chi connectivity index (χ3n) is 3.56.